The molecule has 0 bridgehead atoms. The maximum absolute atomic E-state index is 6.47. The van der Waals surface area contributed by atoms with Crippen LogP contribution < -0.4 is 5.73 Å². The molecule has 0 radical (unpaired) electrons. The first kappa shape index (κ1) is 13.8. The molecule has 1 saturated heterocycles. The Labute approximate surface area is 127 Å². The van der Waals surface area contributed by atoms with Gasteiger partial charge in [-0.3, -0.25) is 0 Å². The lowest BCUT2D eigenvalue weighted by molar-refractivity contribution is 0.0736. The van der Waals surface area contributed by atoms with E-state index in [0.717, 1.165) is 25.4 Å². The van der Waals surface area contributed by atoms with Crippen molar-refractivity contribution in [3.8, 4) is 0 Å². The van der Waals surface area contributed by atoms with Gasteiger partial charge in [0.2, 0.25) is 0 Å². The van der Waals surface area contributed by atoms with Crippen molar-refractivity contribution < 1.29 is 4.74 Å². The van der Waals surface area contributed by atoms with Gasteiger partial charge in [0.05, 0.1) is 12.1 Å². The van der Waals surface area contributed by atoms with E-state index in [1.54, 1.807) is 0 Å². The number of nitrogens with two attached hydrogens (primary N) is 1. The Hall–Kier alpha value is -0.800. The van der Waals surface area contributed by atoms with Crippen LogP contribution in [0.1, 0.15) is 68.6 Å². The maximum atomic E-state index is 6.47. The van der Waals surface area contributed by atoms with Crippen molar-refractivity contribution in [2.45, 2.75) is 71.1 Å². The van der Waals surface area contributed by atoms with Crippen LogP contribution in [0.5, 0.6) is 0 Å². The van der Waals surface area contributed by atoms with Crippen molar-refractivity contribution in [2.75, 3.05) is 6.61 Å². The Morgan fingerprint density at radius 3 is 2.76 bits per heavy atom. The number of fused-ring (bicyclic) bond motifs is 1. The topological polar surface area (TPSA) is 40.2 Å². The third-order valence-corrected chi connectivity index (χ3v) is 5.71. The molecule has 1 saturated carbocycles. The predicted octanol–water partition coefficient (Wildman–Crippen LogP) is 3.51. The van der Waals surface area contributed by atoms with Crippen LogP contribution in [0.15, 0.2) is 6.07 Å². The molecule has 0 spiro atoms. The number of hydrogen-bond donors (Lipinski definition) is 1. The average molecular weight is 288 g/mol. The van der Waals surface area contributed by atoms with E-state index in [1.807, 2.05) is 0 Å². The molecule has 3 atom stereocenters. The zero-order valence-electron chi connectivity index (χ0n) is 13.6. The molecule has 2 heterocycles. The molecule has 4 rings (SSSR count). The Balaban J connectivity index is 1.76. The highest BCUT2D eigenvalue weighted by Gasteiger charge is 2.43. The number of aromatic nitrogens is 1. The van der Waals surface area contributed by atoms with Gasteiger partial charge in [-0.15, -0.1) is 0 Å². The van der Waals surface area contributed by atoms with Gasteiger partial charge < -0.3 is 15.0 Å². The van der Waals surface area contributed by atoms with Gasteiger partial charge in [0.15, 0.2) is 0 Å². The molecule has 2 aliphatic carbocycles. The van der Waals surface area contributed by atoms with Gasteiger partial charge in [0.25, 0.3) is 0 Å². The number of nitrogens with zero attached hydrogens (tertiary/aromatic N) is 1. The molecule has 3 heteroatoms. The van der Waals surface area contributed by atoms with Crippen molar-refractivity contribution in [3.05, 3.63) is 23.0 Å². The molecule has 0 aromatic carbocycles. The predicted molar refractivity (Wildman–Crippen MR) is 84.3 cm³/mol. The zero-order valence-corrected chi connectivity index (χ0v) is 13.6. The summed E-state index contributed by atoms with van der Waals surface area (Å²) in [6.45, 7) is 7.88. The van der Waals surface area contributed by atoms with Crippen LogP contribution >= 0.6 is 0 Å². The Kier molecular flexibility index (Phi) is 3.03. The first-order chi connectivity index (χ1) is 9.96. The summed E-state index contributed by atoms with van der Waals surface area (Å²) in [7, 11) is 0. The van der Waals surface area contributed by atoms with E-state index in [4.69, 9.17) is 10.5 Å². The summed E-state index contributed by atoms with van der Waals surface area (Å²) < 4.78 is 8.69. The molecule has 3 unspecified atom stereocenters. The second-order valence-electron chi connectivity index (χ2n) is 8.24. The van der Waals surface area contributed by atoms with Crippen LogP contribution in [-0.4, -0.2) is 17.3 Å². The lowest BCUT2D eigenvalue weighted by atomic mass is 9.74. The molecule has 1 aliphatic heterocycles. The highest BCUT2D eigenvalue weighted by molar-refractivity contribution is 5.35. The van der Waals surface area contributed by atoms with Gasteiger partial charge >= 0.3 is 0 Å². The number of rotatable bonds is 2. The van der Waals surface area contributed by atoms with Crippen LogP contribution in [0.2, 0.25) is 0 Å². The highest BCUT2D eigenvalue weighted by atomic mass is 16.5. The van der Waals surface area contributed by atoms with Crippen LogP contribution in [-0.2, 0) is 11.2 Å². The summed E-state index contributed by atoms with van der Waals surface area (Å²) in [5.41, 5.74) is 11.1. The van der Waals surface area contributed by atoms with Gasteiger partial charge in [0.1, 0.15) is 0 Å². The van der Waals surface area contributed by atoms with Crippen LogP contribution in [0, 0.1) is 18.3 Å². The molecular weight excluding hydrogens is 260 g/mol. The molecule has 2 fully saturated rings. The number of aryl methyl sites for hydroxylation is 1. The van der Waals surface area contributed by atoms with Crippen LogP contribution in [0.25, 0.3) is 0 Å². The fourth-order valence-corrected chi connectivity index (χ4v) is 4.68. The lowest BCUT2D eigenvalue weighted by Crippen LogP contribution is -2.32. The first-order valence-corrected chi connectivity index (χ1v) is 8.54. The van der Waals surface area contributed by atoms with E-state index in [9.17, 15) is 0 Å². The molecule has 2 N–H and O–H groups in total. The molecule has 3 nitrogen and oxygen atoms in total. The number of ether oxygens (including phenoxy) is 1. The van der Waals surface area contributed by atoms with E-state index in [-0.39, 0.29) is 6.04 Å². The van der Waals surface area contributed by atoms with Crippen molar-refractivity contribution in [1.82, 2.24) is 4.57 Å². The monoisotopic (exact) mass is 288 g/mol. The van der Waals surface area contributed by atoms with Gasteiger partial charge in [0, 0.05) is 24.0 Å². The van der Waals surface area contributed by atoms with Gasteiger partial charge in [-0.1, -0.05) is 13.8 Å². The standard InChI is InChI=1S/C18H28N2O/c1-11-8-13-14(19)9-18(2,3)10-16(13)20(11)15-6-7-21-17(15)12-4-5-12/h8,12,14-15,17H,4-7,9-10,19H2,1-3H3. The second kappa shape index (κ2) is 4.60. The highest BCUT2D eigenvalue weighted by Crippen LogP contribution is 2.47. The third-order valence-electron chi connectivity index (χ3n) is 5.71. The van der Waals surface area contributed by atoms with Crippen LogP contribution in [0.4, 0.5) is 0 Å². The van der Waals surface area contributed by atoms with Crippen molar-refractivity contribution in [2.24, 2.45) is 17.1 Å². The van der Waals surface area contributed by atoms with Gasteiger partial charge in [-0.2, -0.15) is 0 Å². The van der Waals surface area contributed by atoms with Crippen molar-refractivity contribution in [1.29, 1.82) is 0 Å². The SMILES string of the molecule is Cc1cc2c(n1C1CCOC1C1CC1)CC(C)(C)CC2N. The normalized spacial score (nSPS) is 35.0. The van der Waals surface area contributed by atoms with Gasteiger partial charge in [-0.05, 0) is 62.0 Å². The van der Waals surface area contributed by atoms with Gasteiger partial charge in [-0.25, -0.2) is 0 Å². The summed E-state index contributed by atoms with van der Waals surface area (Å²) in [6, 6.07) is 3.09. The van der Waals surface area contributed by atoms with E-state index in [2.05, 4.69) is 31.4 Å². The minimum Gasteiger partial charge on any atom is -0.376 e. The molecule has 1 aromatic rings. The largest absolute Gasteiger partial charge is 0.376 e. The zero-order chi connectivity index (χ0) is 14.8. The van der Waals surface area contributed by atoms with E-state index in [1.165, 1.54) is 36.2 Å². The quantitative estimate of drug-likeness (QED) is 0.904. The van der Waals surface area contributed by atoms with E-state index >= 15 is 0 Å². The smallest absolute Gasteiger partial charge is 0.0811 e. The summed E-state index contributed by atoms with van der Waals surface area (Å²) in [5, 5.41) is 0. The Morgan fingerprint density at radius 2 is 2.05 bits per heavy atom. The second-order valence-corrected chi connectivity index (χ2v) is 8.24. The van der Waals surface area contributed by atoms with Crippen molar-refractivity contribution >= 4 is 0 Å². The molecule has 116 valence electrons. The molecule has 21 heavy (non-hydrogen) atoms. The molecular formula is C18H28N2O. The fourth-order valence-electron chi connectivity index (χ4n) is 4.68. The minimum absolute atomic E-state index is 0.199. The Morgan fingerprint density at radius 1 is 1.29 bits per heavy atom. The molecule has 3 aliphatic rings. The van der Waals surface area contributed by atoms with E-state index in [0.29, 0.717) is 17.6 Å². The minimum atomic E-state index is 0.199. The Bertz CT molecular complexity index is 556. The average Bonchev–Trinajstić information content (AvgIpc) is 3.03. The molecule has 0 amide bonds. The third kappa shape index (κ3) is 2.25. The lowest BCUT2D eigenvalue weighted by Gasteiger charge is -2.36. The fraction of sp³-hybridized carbons (Fsp3) is 0.778. The maximum Gasteiger partial charge on any atom is 0.0811 e. The summed E-state index contributed by atoms with van der Waals surface area (Å²) in [6.07, 6.45) is 6.57. The first-order valence-electron chi connectivity index (χ1n) is 8.54. The summed E-state index contributed by atoms with van der Waals surface area (Å²) in [5.74, 6) is 0.806. The van der Waals surface area contributed by atoms with Crippen molar-refractivity contribution in [3.63, 3.8) is 0 Å². The van der Waals surface area contributed by atoms with E-state index < -0.39 is 0 Å². The molecule has 1 aromatic heterocycles. The number of hydrogen-bond acceptors (Lipinski definition) is 2. The summed E-state index contributed by atoms with van der Waals surface area (Å²) >= 11 is 0. The summed E-state index contributed by atoms with van der Waals surface area (Å²) in [4.78, 5) is 0. The van der Waals surface area contributed by atoms with Crippen LogP contribution in [0.3, 0.4) is 0 Å².